The second kappa shape index (κ2) is 4.41. The van der Waals surface area contributed by atoms with Crippen LogP contribution in [0.25, 0.3) is 0 Å². The molecule has 0 fully saturated rings. The summed E-state index contributed by atoms with van der Waals surface area (Å²) in [4.78, 5) is 21.5. The van der Waals surface area contributed by atoms with Crippen LogP contribution in [0.3, 0.4) is 0 Å². The molecule has 0 atom stereocenters. The number of carboxylic acids is 2. The van der Waals surface area contributed by atoms with Crippen LogP contribution in [0.1, 0.15) is 26.3 Å². The van der Waals surface area contributed by atoms with Crippen LogP contribution < -0.4 is 0 Å². The van der Waals surface area contributed by atoms with Crippen LogP contribution >= 0.6 is 0 Å². The molecule has 0 bridgehead atoms. The van der Waals surface area contributed by atoms with Crippen LogP contribution in [0.15, 0.2) is 30.9 Å². The first-order valence-electron chi connectivity index (χ1n) is 4.26. The first kappa shape index (κ1) is 11.0. The maximum Gasteiger partial charge on any atom is 0.335 e. The lowest BCUT2D eigenvalue weighted by Gasteiger charge is -2.04. The van der Waals surface area contributed by atoms with Crippen LogP contribution in [0.2, 0.25) is 0 Å². The lowest BCUT2D eigenvalue weighted by molar-refractivity contribution is 0.0695. The summed E-state index contributed by atoms with van der Waals surface area (Å²) in [6, 6.07) is 4.03. The predicted octanol–water partition coefficient (Wildman–Crippen LogP) is 1.81. The lowest BCUT2D eigenvalue weighted by Crippen LogP contribution is -2.05. The minimum atomic E-state index is -1.14. The van der Waals surface area contributed by atoms with Gasteiger partial charge in [0.1, 0.15) is 0 Å². The molecule has 0 saturated carbocycles. The van der Waals surface area contributed by atoms with E-state index in [1.54, 1.807) is 6.08 Å². The number of carbonyl (C=O) groups is 2. The normalized spacial score (nSPS) is 9.60. The largest absolute Gasteiger partial charge is 0.478 e. The Morgan fingerprint density at radius 1 is 1.27 bits per heavy atom. The van der Waals surface area contributed by atoms with Gasteiger partial charge in [-0.25, -0.2) is 9.59 Å². The quantitative estimate of drug-likeness (QED) is 0.737. The average Bonchev–Trinajstić information content (AvgIpc) is 2.18. The number of hydrogen-bond donors (Lipinski definition) is 2. The molecule has 15 heavy (non-hydrogen) atoms. The summed E-state index contributed by atoms with van der Waals surface area (Å²) in [6.07, 6.45) is 1.98. The molecule has 2 N–H and O–H groups in total. The fourth-order valence-electron chi connectivity index (χ4n) is 1.24. The molecule has 0 aliphatic carbocycles. The van der Waals surface area contributed by atoms with Gasteiger partial charge < -0.3 is 10.2 Å². The van der Waals surface area contributed by atoms with Gasteiger partial charge in [0.25, 0.3) is 0 Å². The van der Waals surface area contributed by atoms with Gasteiger partial charge in [-0.1, -0.05) is 12.1 Å². The standard InChI is InChI=1S/C11H10O4/c1-2-3-7-4-5-8(10(12)13)6-9(7)11(14)15/h2,4-6H,1,3H2,(H,12,13)(H,14,15). The van der Waals surface area contributed by atoms with Crippen molar-refractivity contribution in [2.75, 3.05) is 0 Å². The van der Waals surface area contributed by atoms with Crippen LogP contribution in [0, 0.1) is 0 Å². The van der Waals surface area contributed by atoms with Gasteiger partial charge in [0.2, 0.25) is 0 Å². The van der Waals surface area contributed by atoms with E-state index in [4.69, 9.17) is 10.2 Å². The Labute approximate surface area is 86.5 Å². The zero-order chi connectivity index (χ0) is 11.4. The van der Waals surface area contributed by atoms with E-state index in [0.717, 1.165) is 6.07 Å². The van der Waals surface area contributed by atoms with Crippen molar-refractivity contribution in [1.29, 1.82) is 0 Å². The molecule has 4 nitrogen and oxygen atoms in total. The highest BCUT2D eigenvalue weighted by Gasteiger charge is 2.12. The van der Waals surface area contributed by atoms with E-state index in [2.05, 4.69) is 6.58 Å². The van der Waals surface area contributed by atoms with Crippen molar-refractivity contribution < 1.29 is 19.8 Å². The number of allylic oxidation sites excluding steroid dienone is 1. The fraction of sp³-hybridized carbons (Fsp3) is 0.0909. The molecule has 0 amide bonds. The van der Waals surface area contributed by atoms with E-state index in [0.29, 0.717) is 12.0 Å². The zero-order valence-corrected chi connectivity index (χ0v) is 7.93. The minimum absolute atomic E-state index is 0.00907. The molecule has 0 aromatic heterocycles. The zero-order valence-electron chi connectivity index (χ0n) is 7.93. The molecule has 1 aromatic rings. The summed E-state index contributed by atoms with van der Waals surface area (Å²) < 4.78 is 0. The molecule has 78 valence electrons. The molecule has 0 aliphatic heterocycles. The average molecular weight is 206 g/mol. The third-order valence-electron chi connectivity index (χ3n) is 1.95. The highest BCUT2D eigenvalue weighted by molar-refractivity contribution is 5.94. The number of aromatic carboxylic acids is 2. The van der Waals surface area contributed by atoms with Crippen LogP contribution in [0.5, 0.6) is 0 Å². The van der Waals surface area contributed by atoms with E-state index in [-0.39, 0.29) is 11.1 Å². The molecule has 4 heteroatoms. The number of rotatable bonds is 4. The summed E-state index contributed by atoms with van der Waals surface area (Å²) in [5.74, 6) is -2.27. The third kappa shape index (κ3) is 2.43. The van der Waals surface area contributed by atoms with Gasteiger partial charge in [-0.15, -0.1) is 6.58 Å². The Morgan fingerprint density at radius 2 is 1.93 bits per heavy atom. The van der Waals surface area contributed by atoms with E-state index in [9.17, 15) is 9.59 Å². The van der Waals surface area contributed by atoms with Crippen LogP contribution in [-0.2, 0) is 6.42 Å². The number of carboxylic acid groups (broad SMARTS) is 2. The highest BCUT2D eigenvalue weighted by atomic mass is 16.4. The Morgan fingerprint density at radius 3 is 2.40 bits per heavy atom. The van der Waals surface area contributed by atoms with Gasteiger partial charge in [0, 0.05) is 0 Å². The fourth-order valence-corrected chi connectivity index (χ4v) is 1.24. The molecule has 0 saturated heterocycles. The molecule has 0 spiro atoms. The first-order valence-corrected chi connectivity index (χ1v) is 4.26. The monoisotopic (exact) mass is 206 g/mol. The molecule has 0 radical (unpaired) electrons. The Balaban J connectivity index is 3.26. The molecule has 0 aliphatic rings. The minimum Gasteiger partial charge on any atom is -0.478 e. The second-order valence-electron chi connectivity index (χ2n) is 2.98. The summed E-state index contributed by atoms with van der Waals surface area (Å²) in [6.45, 7) is 3.50. The van der Waals surface area contributed by atoms with Crippen molar-refractivity contribution in [3.63, 3.8) is 0 Å². The van der Waals surface area contributed by atoms with Crippen LogP contribution in [-0.4, -0.2) is 22.2 Å². The van der Waals surface area contributed by atoms with Gasteiger partial charge >= 0.3 is 11.9 Å². The lowest BCUT2D eigenvalue weighted by atomic mass is 10.0. The van der Waals surface area contributed by atoms with Crippen LogP contribution in [0.4, 0.5) is 0 Å². The highest BCUT2D eigenvalue weighted by Crippen LogP contribution is 2.13. The molecule has 0 heterocycles. The van der Waals surface area contributed by atoms with E-state index in [1.165, 1.54) is 12.1 Å². The Kier molecular flexibility index (Phi) is 3.23. The molecule has 1 aromatic carbocycles. The van der Waals surface area contributed by atoms with Gasteiger partial charge in [-0.3, -0.25) is 0 Å². The van der Waals surface area contributed by atoms with Gasteiger partial charge in [-0.05, 0) is 24.1 Å². The summed E-state index contributed by atoms with van der Waals surface area (Å²) in [7, 11) is 0. The van der Waals surface area contributed by atoms with Gasteiger partial charge in [0.15, 0.2) is 0 Å². The van der Waals surface area contributed by atoms with Crippen molar-refractivity contribution in [3.8, 4) is 0 Å². The van der Waals surface area contributed by atoms with Gasteiger partial charge in [-0.2, -0.15) is 0 Å². The maximum absolute atomic E-state index is 10.8. The third-order valence-corrected chi connectivity index (χ3v) is 1.95. The van der Waals surface area contributed by atoms with Crippen molar-refractivity contribution >= 4 is 11.9 Å². The first-order chi connectivity index (χ1) is 7.06. The van der Waals surface area contributed by atoms with Crippen molar-refractivity contribution in [2.45, 2.75) is 6.42 Å². The van der Waals surface area contributed by atoms with E-state index >= 15 is 0 Å². The van der Waals surface area contributed by atoms with Gasteiger partial charge in [0.05, 0.1) is 11.1 Å². The van der Waals surface area contributed by atoms with Crippen molar-refractivity contribution in [2.24, 2.45) is 0 Å². The summed E-state index contributed by atoms with van der Waals surface area (Å²) >= 11 is 0. The number of benzene rings is 1. The smallest absolute Gasteiger partial charge is 0.335 e. The van der Waals surface area contributed by atoms with Crippen molar-refractivity contribution in [1.82, 2.24) is 0 Å². The SMILES string of the molecule is C=CCc1ccc(C(=O)O)cc1C(=O)O. The Hall–Kier alpha value is -2.10. The predicted molar refractivity (Wildman–Crippen MR) is 54.3 cm³/mol. The molecular formula is C11H10O4. The van der Waals surface area contributed by atoms with Crippen molar-refractivity contribution in [3.05, 3.63) is 47.5 Å². The molecule has 0 unspecified atom stereocenters. The van der Waals surface area contributed by atoms with E-state index in [1.807, 2.05) is 0 Å². The Bertz CT molecular complexity index is 421. The van der Waals surface area contributed by atoms with E-state index < -0.39 is 11.9 Å². The summed E-state index contributed by atoms with van der Waals surface area (Å²) in [5.41, 5.74) is 0.539. The maximum atomic E-state index is 10.8. The second-order valence-corrected chi connectivity index (χ2v) is 2.98. The number of hydrogen-bond acceptors (Lipinski definition) is 2. The molecular weight excluding hydrogens is 196 g/mol. The summed E-state index contributed by atoms with van der Waals surface area (Å²) in [5, 5.41) is 17.6. The molecule has 1 rings (SSSR count). The topological polar surface area (TPSA) is 74.6 Å².